The van der Waals surface area contributed by atoms with Gasteiger partial charge in [-0.1, -0.05) is 35.9 Å². The third kappa shape index (κ3) is 2.48. The second-order valence-electron chi connectivity index (χ2n) is 4.74. The Morgan fingerprint density at radius 2 is 1.71 bits per heavy atom. The molecule has 3 N–H and O–H groups in total. The van der Waals surface area contributed by atoms with Crippen LogP contribution in [0.4, 0.5) is 0 Å². The summed E-state index contributed by atoms with van der Waals surface area (Å²) in [5.41, 5.74) is 8.53. The van der Waals surface area contributed by atoms with Gasteiger partial charge in [0.15, 0.2) is 0 Å². The summed E-state index contributed by atoms with van der Waals surface area (Å²) in [5.74, 6) is 0. The van der Waals surface area contributed by atoms with Gasteiger partial charge >= 0.3 is 0 Å². The summed E-state index contributed by atoms with van der Waals surface area (Å²) in [6.45, 7) is 4.15. The summed E-state index contributed by atoms with van der Waals surface area (Å²) in [6, 6.07) is 13.4. The zero-order valence-corrected chi connectivity index (χ0v) is 10.7. The maximum Gasteiger partial charge on any atom is 0.0468 e. The molecule has 2 aromatic rings. The highest BCUT2D eigenvalue weighted by atomic mass is 14.9. The van der Waals surface area contributed by atoms with Crippen molar-refractivity contribution in [2.24, 2.45) is 5.73 Å². The minimum atomic E-state index is 0.0999. The maximum absolute atomic E-state index is 5.98. The Labute approximate surface area is 103 Å². The van der Waals surface area contributed by atoms with Crippen LogP contribution >= 0.6 is 0 Å². The minimum Gasteiger partial charge on any atom is -0.326 e. The number of benzene rings is 2. The summed E-state index contributed by atoms with van der Waals surface area (Å²) in [5, 5.41) is 5.83. The van der Waals surface area contributed by atoms with Crippen LogP contribution in [0.1, 0.15) is 24.1 Å². The van der Waals surface area contributed by atoms with Crippen molar-refractivity contribution < 1.29 is 0 Å². The lowest BCUT2D eigenvalue weighted by Crippen LogP contribution is -2.33. The van der Waals surface area contributed by atoms with E-state index in [4.69, 9.17) is 5.73 Å². The third-order valence-corrected chi connectivity index (χ3v) is 3.22. The number of aryl methyl sites for hydroxylation is 1. The molecule has 0 saturated heterocycles. The van der Waals surface area contributed by atoms with Gasteiger partial charge in [-0.25, -0.2) is 0 Å². The molecule has 0 heterocycles. The van der Waals surface area contributed by atoms with E-state index in [1.54, 1.807) is 0 Å². The van der Waals surface area contributed by atoms with Crippen molar-refractivity contribution in [2.45, 2.75) is 25.9 Å². The molecule has 2 rings (SSSR count). The van der Waals surface area contributed by atoms with Gasteiger partial charge in [-0.05, 0) is 43.3 Å². The molecule has 0 amide bonds. The lowest BCUT2D eigenvalue weighted by atomic mass is 9.97. The number of nitrogens with one attached hydrogen (secondary N) is 1. The Kier molecular flexibility index (Phi) is 3.46. The predicted molar refractivity (Wildman–Crippen MR) is 74.1 cm³/mol. The van der Waals surface area contributed by atoms with E-state index in [0.29, 0.717) is 0 Å². The van der Waals surface area contributed by atoms with Crippen molar-refractivity contribution in [3.63, 3.8) is 0 Å². The van der Waals surface area contributed by atoms with Crippen molar-refractivity contribution in [1.29, 1.82) is 0 Å². The van der Waals surface area contributed by atoms with E-state index in [1.165, 1.54) is 21.9 Å². The molecule has 0 aromatic heterocycles. The summed E-state index contributed by atoms with van der Waals surface area (Å²) in [4.78, 5) is 0. The second-order valence-corrected chi connectivity index (χ2v) is 4.74. The quantitative estimate of drug-likeness (QED) is 0.847. The number of nitrogens with two attached hydrogens (primary N) is 1. The first-order chi connectivity index (χ1) is 8.11. The van der Waals surface area contributed by atoms with E-state index in [1.807, 2.05) is 14.0 Å². The molecule has 2 nitrogen and oxygen atoms in total. The highest BCUT2D eigenvalue weighted by Crippen LogP contribution is 2.22. The molecule has 90 valence electrons. The maximum atomic E-state index is 5.98. The van der Waals surface area contributed by atoms with E-state index >= 15 is 0 Å². The van der Waals surface area contributed by atoms with Crippen molar-refractivity contribution >= 4 is 10.8 Å². The standard InChI is InChI=1S/C15H20N2/c1-10-4-5-13-9-14(7-6-12(13)8-10)15(17-3)11(2)16/h4-9,11,15,17H,16H2,1-3H3. The van der Waals surface area contributed by atoms with Crippen LogP contribution in [0.5, 0.6) is 0 Å². The molecule has 0 aliphatic rings. The molecule has 2 aromatic carbocycles. The van der Waals surface area contributed by atoms with E-state index in [9.17, 15) is 0 Å². The first kappa shape index (κ1) is 12.1. The van der Waals surface area contributed by atoms with E-state index in [0.717, 1.165) is 0 Å². The fourth-order valence-corrected chi connectivity index (χ4v) is 2.31. The Morgan fingerprint density at radius 3 is 2.35 bits per heavy atom. The molecule has 0 bridgehead atoms. The summed E-state index contributed by atoms with van der Waals surface area (Å²) >= 11 is 0. The largest absolute Gasteiger partial charge is 0.326 e. The first-order valence-electron chi connectivity index (χ1n) is 6.05. The molecule has 17 heavy (non-hydrogen) atoms. The smallest absolute Gasteiger partial charge is 0.0468 e. The molecule has 0 fully saturated rings. The highest BCUT2D eigenvalue weighted by molar-refractivity contribution is 5.83. The van der Waals surface area contributed by atoms with Crippen molar-refractivity contribution in [2.75, 3.05) is 7.05 Å². The molecule has 0 saturated carbocycles. The lowest BCUT2D eigenvalue weighted by molar-refractivity contribution is 0.504. The lowest BCUT2D eigenvalue weighted by Gasteiger charge is -2.21. The molecule has 0 radical (unpaired) electrons. The van der Waals surface area contributed by atoms with Gasteiger partial charge in [0.25, 0.3) is 0 Å². The Balaban J connectivity index is 2.47. The molecule has 2 heteroatoms. The zero-order chi connectivity index (χ0) is 12.4. The Hall–Kier alpha value is -1.38. The predicted octanol–water partition coefficient (Wildman–Crippen LogP) is 2.76. The fourth-order valence-electron chi connectivity index (χ4n) is 2.31. The van der Waals surface area contributed by atoms with Crippen LogP contribution in [0.25, 0.3) is 10.8 Å². The van der Waals surface area contributed by atoms with Crippen LogP contribution in [0.2, 0.25) is 0 Å². The van der Waals surface area contributed by atoms with Crippen LogP contribution in [-0.2, 0) is 0 Å². The van der Waals surface area contributed by atoms with Crippen LogP contribution in [-0.4, -0.2) is 13.1 Å². The van der Waals surface area contributed by atoms with Gasteiger partial charge in [0.2, 0.25) is 0 Å². The number of likely N-dealkylation sites (N-methyl/N-ethyl adjacent to an activating group) is 1. The topological polar surface area (TPSA) is 38.0 Å². The molecular weight excluding hydrogens is 208 g/mol. The molecule has 2 unspecified atom stereocenters. The molecule has 0 spiro atoms. The van der Waals surface area contributed by atoms with Gasteiger partial charge in [-0.2, -0.15) is 0 Å². The van der Waals surface area contributed by atoms with Gasteiger partial charge in [0.1, 0.15) is 0 Å². The average molecular weight is 228 g/mol. The Morgan fingerprint density at radius 1 is 1.06 bits per heavy atom. The monoisotopic (exact) mass is 228 g/mol. The van der Waals surface area contributed by atoms with E-state index in [-0.39, 0.29) is 12.1 Å². The van der Waals surface area contributed by atoms with Crippen molar-refractivity contribution in [3.05, 3.63) is 47.5 Å². The fraction of sp³-hybridized carbons (Fsp3) is 0.333. The average Bonchev–Trinajstić information content (AvgIpc) is 2.29. The Bertz CT molecular complexity index is 517. The van der Waals surface area contributed by atoms with E-state index < -0.39 is 0 Å². The minimum absolute atomic E-state index is 0.0999. The van der Waals surface area contributed by atoms with Gasteiger partial charge in [0, 0.05) is 12.1 Å². The number of hydrogen-bond acceptors (Lipinski definition) is 2. The number of rotatable bonds is 3. The van der Waals surface area contributed by atoms with Crippen molar-refractivity contribution in [1.82, 2.24) is 5.32 Å². The highest BCUT2D eigenvalue weighted by Gasteiger charge is 2.13. The molecule has 0 aliphatic heterocycles. The number of fused-ring (bicyclic) bond motifs is 1. The summed E-state index contributed by atoms with van der Waals surface area (Å²) in [6.07, 6.45) is 0. The first-order valence-corrected chi connectivity index (χ1v) is 6.05. The zero-order valence-electron chi connectivity index (χ0n) is 10.7. The molecule has 2 atom stereocenters. The van der Waals surface area contributed by atoms with Gasteiger partial charge < -0.3 is 11.1 Å². The van der Waals surface area contributed by atoms with Crippen LogP contribution in [0, 0.1) is 6.92 Å². The van der Waals surface area contributed by atoms with Crippen molar-refractivity contribution in [3.8, 4) is 0 Å². The van der Waals surface area contributed by atoms with Gasteiger partial charge in [0.05, 0.1) is 0 Å². The summed E-state index contributed by atoms with van der Waals surface area (Å²) < 4.78 is 0. The number of hydrogen-bond donors (Lipinski definition) is 2. The SMILES string of the molecule is CNC(c1ccc2cc(C)ccc2c1)C(C)N. The summed E-state index contributed by atoms with van der Waals surface area (Å²) in [7, 11) is 1.95. The second kappa shape index (κ2) is 4.86. The van der Waals surface area contributed by atoms with Crippen LogP contribution in [0.15, 0.2) is 36.4 Å². The molecule has 0 aliphatic carbocycles. The third-order valence-electron chi connectivity index (χ3n) is 3.22. The van der Waals surface area contributed by atoms with Crippen LogP contribution in [0.3, 0.4) is 0 Å². The molecular formula is C15H20N2. The van der Waals surface area contributed by atoms with Gasteiger partial charge in [-0.3, -0.25) is 0 Å². The van der Waals surface area contributed by atoms with Gasteiger partial charge in [-0.15, -0.1) is 0 Å². The van der Waals surface area contributed by atoms with Crippen LogP contribution < -0.4 is 11.1 Å². The van der Waals surface area contributed by atoms with E-state index in [2.05, 4.69) is 48.6 Å². The normalized spacial score (nSPS) is 14.8.